The summed E-state index contributed by atoms with van der Waals surface area (Å²) in [6.45, 7) is 11.0. The average Bonchev–Trinajstić information content (AvgIpc) is 3.58. The maximum absolute atomic E-state index is 13.4. The molecule has 49 heavy (non-hydrogen) atoms. The predicted molar refractivity (Wildman–Crippen MR) is 200 cm³/mol. The Kier molecular flexibility index (Phi) is 16.4. The van der Waals surface area contributed by atoms with Gasteiger partial charge in [-0.3, -0.25) is 4.79 Å². The maximum Gasteiger partial charge on any atom is 0.228 e. The number of anilines is 2. The second-order valence-electron chi connectivity index (χ2n) is 13.3. The van der Waals surface area contributed by atoms with Gasteiger partial charge in [-0.1, -0.05) is 71.3 Å². The number of piperazine rings is 1. The van der Waals surface area contributed by atoms with E-state index in [0.29, 0.717) is 90.7 Å². The van der Waals surface area contributed by atoms with Crippen LogP contribution in [0.1, 0.15) is 78.2 Å². The Morgan fingerprint density at radius 1 is 1.04 bits per heavy atom. The van der Waals surface area contributed by atoms with E-state index in [1.165, 1.54) is 25.0 Å². The smallest absolute Gasteiger partial charge is 0.228 e. The van der Waals surface area contributed by atoms with Crippen molar-refractivity contribution in [1.82, 2.24) is 14.9 Å². The van der Waals surface area contributed by atoms with E-state index in [9.17, 15) is 9.18 Å². The van der Waals surface area contributed by atoms with Crippen LogP contribution in [0, 0.1) is 23.6 Å². The number of hydrogen-bond donors (Lipinski definition) is 2. The van der Waals surface area contributed by atoms with Crippen LogP contribution in [-0.4, -0.2) is 75.1 Å². The summed E-state index contributed by atoms with van der Waals surface area (Å²) >= 11 is 0. The van der Waals surface area contributed by atoms with Crippen molar-refractivity contribution in [3.63, 3.8) is 0 Å². The van der Waals surface area contributed by atoms with Gasteiger partial charge < -0.3 is 30.7 Å². The molecule has 0 bridgehead atoms. The summed E-state index contributed by atoms with van der Waals surface area (Å²) in [5.74, 6) is 3.48. The SMILES string of the molecule is CCCC.CCN.[B]CC(C)CC1CCC(C2CN(C(=O)CCc3ccc(F)cc3)CCN2c2nc(N)c3cc(OC)c(OC)cc3n2)C1. The summed E-state index contributed by atoms with van der Waals surface area (Å²) in [4.78, 5) is 27.3. The van der Waals surface area contributed by atoms with Gasteiger partial charge in [-0.25, -0.2) is 9.37 Å². The molecule has 2 heterocycles. The number of hydrogen-bond acceptors (Lipinski definition) is 8. The van der Waals surface area contributed by atoms with Gasteiger partial charge in [0, 0.05) is 37.5 Å². The lowest BCUT2D eigenvalue weighted by Gasteiger charge is -2.44. The van der Waals surface area contributed by atoms with Gasteiger partial charge >= 0.3 is 0 Å². The van der Waals surface area contributed by atoms with Gasteiger partial charge in [0.2, 0.25) is 11.9 Å². The number of aryl methyl sites for hydroxylation is 1. The molecular weight excluding hydrogens is 618 g/mol. The third kappa shape index (κ3) is 11.2. The van der Waals surface area contributed by atoms with Crippen LogP contribution < -0.4 is 25.8 Å². The molecule has 4 atom stereocenters. The van der Waals surface area contributed by atoms with Gasteiger partial charge in [-0.2, -0.15) is 4.98 Å². The van der Waals surface area contributed by atoms with Crippen molar-refractivity contribution in [2.24, 2.45) is 23.5 Å². The molecule has 1 aliphatic heterocycles. The molecule has 1 amide bonds. The van der Waals surface area contributed by atoms with E-state index < -0.39 is 0 Å². The number of aromatic nitrogens is 2. The summed E-state index contributed by atoms with van der Waals surface area (Å²) in [5.41, 5.74) is 13.0. The number of unbranched alkanes of at least 4 members (excludes halogenated alkanes) is 1. The van der Waals surface area contributed by atoms with Gasteiger partial charge in [0.1, 0.15) is 11.6 Å². The van der Waals surface area contributed by atoms with Gasteiger partial charge in [-0.15, -0.1) is 0 Å². The van der Waals surface area contributed by atoms with Crippen molar-refractivity contribution in [3.8, 4) is 11.5 Å². The quantitative estimate of drug-likeness (QED) is 0.213. The number of carbonyl (C=O) groups is 1. The Hall–Kier alpha value is -3.60. The third-order valence-corrected chi connectivity index (χ3v) is 9.55. The molecule has 1 saturated heterocycles. The number of ether oxygens (including phenoxy) is 2. The normalized spacial score (nSPS) is 19.4. The number of nitrogens with two attached hydrogens (primary N) is 2. The molecule has 5 rings (SSSR count). The molecule has 9 nitrogen and oxygen atoms in total. The van der Waals surface area contributed by atoms with Crippen LogP contribution in [0.2, 0.25) is 6.32 Å². The molecule has 11 heteroatoms. The molecule has 2 aliphatic rings. The minimum Gasteiger partial charge on any atom is -0.493 e. The number of amides is 1. The summed E-state index contributed by atoms with van der Waals surface area (Å²) in [7, 11) is 9.12. The number of nitrogens with zero attached hydrogens (tertiary/aromatic N) is 4. The second kappa shape index (κ2) is 20.2. The minimum atomic E-state index is -0.270. The van der Waals surface area contributed by atoms with Crippen molar-refractivity contribution in [3.05, 3.63) is 47.8 Å². The molecule has 2 radical (unpaired) electrons. The topological polar surface area (TPSA) is 120 Å². The zero-order valence-electron chi connectivity index (χ0n) is 30.6. The number of nitrogen functional groups attached to an aromatic ring is 1. The Morgan fingerprint density at radius 3 is 2.31 bits per heavy atom. The van der Waals surface area contributed by atoms with Gasteiger partial charge in [0.15, 0.2) is 11.5 Å². The number of methoxy groups -OCH3 is 2. The van der Waals surface area contributed by atoms with Gasteiger partial charge in [-0.05, 0) is 67.8 Å². The first-order valence-electron chi connectivity index (χ1n) is 18.0. The number of rotatable bonds is 11. The van der Waals surface area contributed by atoms with Crippen LogP contribution in [0.5, 0.6) is 11.5 Å². The van der Waals surface area contributed by atoms with Crippen LogP contribution in [0.3, 0.4) is 0 Å². The molecule has 268 valence electrons. The fourth-order valence-electron chi connectivity index (χ4n) is 6.69. The molecule has 1 saturated carbocycles. The highest BCUT2D eigenvalue weighted by atomic mass is 19.1. The van der Waals surface area contributed by atoms with E-state index in [-0.39, 0.29) is 17.8 Å². The van der Waals surface area contributed by atoms with E-state index >= 15 is 0 Å². The van der Waals surface area contributed by atoms with Crippen LogP contribution >= 0.6 is 0 Å². The molecule has 1 aliphatic carbocycles. The lowest BCUT2D eigenvalue weighted by Crippen LogP contribution is -2.57. The van der Waals surface area contributed by atoms with E-state index in [1.54, 1.807) is 26.4 Å². The van der Waals surface area contributed by atoms with Gasteiger partial charge in [0.25, 0.3) is 0 Å². The zero-order valence-corrected chi connectivity index (χ0v) is 30.6. The molecule has 1 aromatic heterocycles. The zero-order chi connectivity index (χ0) is 35.9. The minimum absolute atomic E-state index is 0.0729. The fourth-order valence-corrected chi connectivity index (χ4v) is 6.69. The Morgan fingerprint density at radius 2 is 1.69 bits per heavy atom. The Balaban J connectivity index is 0.000000852. The second-order valence-corrected chi connectivity index (χ2v) is 13.3. The van der Waals surface area contributed by atoms with Crippen molar-refractivity contribution in [2.45, 2.75) is 91.4 Å². The van der Waals surface area contributed by atoms with Crippen LogP contribution in [0.25, 0.3) is 10.9 Å². The van der Waals surface area contributed by atoms with Crippen molar-refractivity contribution < 1.29 is 18.7 Å². The molecule has 0 spiro atoms. The van der Waals surface area contributed by atoms with Crippen LogP contribution in [0.15, 0.2) is 36.4 Å². The Bertz CT molecular complexity index is 1440. The summed E-state index contributed by atoms with van der Waals surface area (Å²) < 4.78 is 24.3. The molecule has 3 aromatic rings. The lowest BCUT2D eigenvalue weighted by molar-refractivity contribution is -0.132. The fraction of sp³-hybridized carbons (Fsp3) is 0.605. The largest absolute Gasteiger partial charge is 0.493 e. The molecule has 4 N–H and O–H groups in total. The van der Waals surface area contributed by atoms with Gasteiger partial charge in [0.05, 0.1) is 33.6 Å². The summed E-state index contributed by atoms with van der Waals surface area (Å²) in [6.07, 6.45) is 8.79. The van der Waals surface area contributed by atoms with Crippen molar-refractivity contribution in [1.29, 1.82) is 0 Å². The van der Waals surface area contributed by atoms with E-state index in [2.05, 4.69) is 25.7 Å². The lowest BCUT2D eigenvalue weighted by atomic mass is 9.84. The first-order chi connectivity index (χ1) is 23.6. The Labute approximate surface area is 294 Å². The van der Waals surface area contributed by atoms with Crippen molar-refractivity contribution >= 4 is 36.4 Å². The van der Waals surface area contributed by atoms with E-state index in [4.69, 9.17) is 38.8 Å². The monoisotopic (exact) mass is 676 g/mol. The summed E-state index contributed by atoms with van der Waals surface area (Å²) in [5, 5.41) is 0.708. The number of carbonyl (C=O) groups excluding carboxylic acids is 1. The van der Waals surface area contributed by atoms with E-state index in [1.807, 2.05) is 24.0 Å². The highest BCUT2D eigenvalue weighted by Crippen LogP contribution is 2.41. The molecule has 4 unspecified atom stereocenters. The molecule has 2 aromatic carbocycles. The number of halogens is 1. The van der Waals surface area contributed by atoms with E-state index in [0.717, 1.165) is 37.8 Å². The highest BCUT2D eigenvalue weighted by Gasteiger charge is 2.40. The third-order valence-electron chi connectivity index (χ3n) is 9.55. The van der Waals surface area contributed by atoms with Crippen molar-refractivity contribution in [2.75, 3.05) is 51.0 Å². The number of fused-ring (bicyclic) bond motifs is 1. The maximum atomic E-state index is 13.4. The molecule has 2 fully saturated rings. The van der Waals surface area contributed by atoms with Crippen LogP contribution in [-0.2, 0) is 11.2 Å². The van der Waals surface area contributed by atoms with Crippen LogP contribution in [0.4, 0.5) is 16.2 Å². The first kappa shape index (κ1) is 39.8. The standard InChI is InChI=1S/C32H41BFN5O3.C4H10.C2H7N/c1-20(18-33)14-22-4-8-23(15-22)27-19-38(30(40)11-7-21-5-9-24(34)10-6-21)12-13-39(27)32-36-26-17-29(42-3)28(41-2)16-25(26)31(35)37-32;1-3-4-2;1-2-3/h5-6,9-10,16-17,20,22-23,27H,4,7-8,11-15,18-19H2,1-3H3,(H2,35,36,37);3-4H2,1-2H3;2-3H2,1H3. The average molecular weight is 677 g/mol. The predicted octanol–water partition coefficient (Wildman–Crippen LogP) is 6.82. The molecular formula is C38H58BFN6O3. The first-order valence-corrected chi connectivity index (χ1v) is 18.0. The highest BCUT2D eigenvalue weighted by molar-refractivity contribution is 6.08. The number of benzene rings is 2. The summed E-state index contributed by atoms with van der Waals surface area (Å²) in [6, 6.07) is 10.1.